The Labute approximate surface area is 190 Å². The molecule has 0 amide bonds. The van der Waals surface area contributed by atoms with Gasteiger partial charge < -0.3 is 25.5 Å². The van der Waals surface area contributed by atoms with Crippen LogP contribution < -0.4 is 26.4 Å². The maximum atomic E-state index is 6.43. The smallest absolute Gasteiger partial charge is 0.226 e. The highest BCUT2D eigenvalue weighted by molar-refractivity contribution is 5.64. The Balaban J connectivity index is 1.65. The average molecular weight is 442 g/mol. The Kier molecular flexibility index (Phi) is 8.49. The fraction of sp³-hybridized carbons (Fsp3) is 0.522. The number of hydrazine groups is 1. The topological polar surface area (TPSA) is 124 Å². The molecule has 1 aliphatic carbocycles. The van der Waals surface area contributed by atoms with Crippen molar-refractivity contribution in [3.05, 3.63) is 41.5 Å². The van der Waals surface area contributed by atoms with Crippen LogP contribution in [0.4, 0.5) is 5.95 Å². The van der Waals surface area contributed by atoms with Crippen molar-refractivity contribution in [1.29, 1.82) is 0 Å². The lowest BCUT2D eigenvalue weighted by Gasteiger charge is -2.20. The second kappa shape index (κ2) is 11.5. The van der Waals surface area contributed by atoms with Crippen molar-refractivity contribution in [3.63, 3.8) is 0 Å². The highest BCUT2D eigenvalue weighted by atomic mass is 16.5. The number of likely N-dealkylation sites (N-methyl/N-ethyl adjacent to an activating group) is 1. The minimum Gasteiger partial charge on any atom is -0.492 e. The first-order valence-corrected chi connectivity index (χ1v) is 11.3. The molecule has 2 aromatic rings. The summed E-state index contributed by atoms with van der Waals surface area (Å²) in [6.07, 6.45) is 8.74. The number of anilines is 1. The number of hydrogen-bond donors (Lipinski definition) is 3. The summed E-state index contributed by atoms with van der Waals surface area (Å²) in [4.78, 5) is 13.3. The zero-order valence-electron chi connectivity index (χ0n) is 19.3. The van der Waals surface area contributed by atoms with Gasteiger partial charge in [-0.1, -0.05) is 26.2 Å². The van der Waals surface area contributed by atoms with Crippen molar-refractivity contribution in [1.82, 2.24) is 20.0 Å². The molecule has 0 aliphatic heterocycles. The number of unbranched alkanes of at least 4 members (excludes halogenated alkanes) is 3. The van der Waals surface area contributed by atoms with Gasteiger partial charge in [0, 0.05) is 19.3 Å². The van der Waals surface area contributed by atoms with Crippen molar-refractivity contribution in [2.75, 3.05) is 25.5 Å². The molecule has 0 unspecified atom stereocenters. The average Bonchev–Trinajstić information content (AvgIpc) is 3.58. The van der Waals surface area contributed by atoms with Gasteiger partial charge in [0.25, 0.3) is 0 Å². The van der Waals surface area contributed by atoms with E-state index in [1.807, 2.05) is 19.1 Å². The highest BCUT2D eigenvalue weighted by Gasteiger charge is 2.24. The van der Waals surface area contributed by atoms with Crippen LogP contribution in [0, 0.1) is 6.92 Å². The van der Waals surface area contributed by atoms with Crippen LogP contribution in [0.25, 0.3) is 5.70 Å². The monoisotopic (exact) mass is 441 g/mol. The van der Waals surface area contributed by atoms with Crippen molar-refractivity contribution in [2.24, 2.45) is 11.6 Å². The molecule has 1 fully saturated rings. The van der Waals surface area contributed by atoms with Gasteiger partial charge in [-0.05, 0) is 38.3 Å². The van der Waals surface area contributed by atoms with Crippen LogP contribution in [0.15, 0.2) is 30.1 Å². The first-order chi connectivity index (χ1) is 15.5. The normalized spacial score (nSPS) is 14.0. The number of aromatic nitrogens is 3. The van der Waals surface area contributed by atoms with Gasteiger partial charge in [0.1, 0.15) is 11.9 Å². The zero-order valence-corrected chi connectivity index (χ0v) is 19.3. The van der Waals surface area contributed by atoms with E-state index in [1.54, 1.807) is 19.3 Å². The van der Waals surface area contributed by atoms with Gasteiger partial charge in [0.05, 0.1) is 35.9 Å². The lowest BCUT2D eigenvalue weighted by molar-refractivity contribution is 0.291. The molecule has 0 saturated heterocycles. The van der Waals surface area contributed by atoms with Crippen molar-refractivity contribution < 1.29 is 9.47 Å². The van der Waals surface area contributed by atoms with E-state index in [2.05, 4.69) is 27.2 Å². The third kappa shape index (κ3) is 6.98. The first kappa shape index (κ1) is 23.6. The number of nitrogens with two attached hydrogens (primary N) is 2. The summed E-state index contributed by atoms with van der Waals surface area (Å²) < 4.78 is 11.6. The van der Waals surface area contributed by atoms with Crippen LogP contribution in [0.5, 0.6) is 11.6 Å². The first-order valence-electron chi connectivity index (χ1n) is 11.3. The van der Waals surface area contributed by atoms with Crippen molar-refractivity contribution in [3.8, 4) is 11.6 Å². The van der Waals surface area contributed by atoms with E-state index < -0.39 is 0 Å². The summed E-state index contributed by atoms with van der Waals surface area (Å²) in [7, 11) is 1.73. The molecule has 5 N–H and O–H groups in total. The number of aryl methyl sites for hydroxylation is 1. The maximum Gasteiger partial charge on any atom is 0.226 e. The number of rotatable bonds is 13. The van der Waals surface area contributed by atoms with Gasteiger partial charge >= 0.3 is 0 Å². The molecular weight excluding hydrogens is 406 g/mol. The SMILES string of the molecule is CCCCCCOc1ccc(/C(N)=C(\CNc2nccc(OC3CC3)n2)N(C)N)nc1C. The predicted octanol–water partition coefficient (Wildman–Crippen LogP) is 3.23. The minimum absolute atomic E-state index is 0.275. The molecule has 0 bridgehead atoms. The van der Waals surface area contributed by atoms with Crippen molar-refractivity contribution in [2.45, 2.75) is 58.5 Å². The lowest BCUT2D eigenvalue weighted by Crippen LogP contribution is -2.32. The molecule has 2 aromatic heterocycles. The van der Waals surface area contributed by atoms with E-state index in [-0.39, 0.29) is 6.10 Å². The number of hydrogen-bond acceptors (Lipinski definition) is 9. The second-order valence-corrected chi connectivity index (χ2v) is 8.05. The van der Waals surface area contributed by atoms with E-state index in [1.165, 1.54) is 24.3 Å². The molecule has 1 saturated carbocycles. The number of nitrogens with zero attached hydrogens (tertiary/aromatic N) is 4. The van der Waals surface area contributed by atoms with Gasteiger partial charge in [0.2, 0.25) is 11.8 Å². The van der Waals surface area contributed by atoms with Crippen molar-refractivity contribution >= 4 is 11.6 Å². The largest absolute Gasteiger partial charge is 0.492 e. The molecule has 0 spiro atoms. The Hall–Kier alpha value is -3.07. The van der Waals surface area contributed by atoms with Crippen LogP contribution >= 0.6 is 0 Å². The van der Waals surface area contributed by atoms with Gasteiger partial charge in [-0.2, -0.15) is 4.98 Å². The maximum absolute atomic E-state index is 6.43. The molecule has 0 atom stereocenters. The van der Waals surface area contributed by atoms with Gasteiger partial charge in [0.15, 0.2) is 0 Å². The highest BCUT2D eigenvalue weighted by Crippen LogP contribution is 2.26. The fourth-order valence-corrected chi connectivity index (χ4v) is 3.13. The molecule has 2 heterocycles. The lowest BCUT2D eigenvalue weighted by atomic mass is 10.2. The van der Waals surface area contributed by atoms with E-state index in [0.29, 0.717) is 42.1 Å². The molecule has 0 aromatic carbocycles. The molecule has 174 valence electrons. The molecule has 3 rings (SSSR count). The number of ether oxygens (including phenoxy) is 2. The standard InChI is InChI=1S/C23H35N7O2/c1-4-5-6-7-14-31-20-11-10-18(28-16(20)2)22(24)19(30(3)25)15-27-23-26-13-12-21(29-23)32-17-8-9-17/h10-13,17H,4-9,14-15,24-25H2,1-3H3,(H,26,27,29)/b22-19-. The van der Waals surface area contributed by atoms with Gasteiger partial charge in [-0.3, -0.25) is 0 Å². The summed E-state index contributed by atoms with van der Waals surface area (Å²) in [6, 6.07) is 5.52. The summed E-state index contributed by atoms with van der Waals surface area (Å²) in [5.41, 5.74) is 9.01. The van der Waals surface area contributed by atoms with E-state index >= 15 is 0 Å². The Bertz CT molecular complexity index is 913. The Morgan fingerprint density at radius 2 is 2.00 bits per heavy atom. The van der Waals surface area contributed by atoms with Gasteiger partial charge in [-0.15, -0.1) is 0 Å². The third-order valence-corrected chi connectivity index (χ3v) is 5.16. The van der Waals surface area contributed by atoms with Crippen LogP contribution in [0.3, 0.4) is 0 Å². The Morgan fingerprint density at radius 3 is 2.69 bits per heavy atom. The summed E-state index contributed by atoms with van der Waals surface area (Å²) in [5, 5.41) is 4.64. The molecule has 9 nitrogen and oxygen atoms in total. The summed E-state index contributed by atoms with van der Waals surface area (Å²) in [5.74, 6) is 7.84. The molecular formula is C23H35N7O2. The fourth-order valence-electron chi connectivity index (χ4n) is 3.13. The predicted molar refractivity (Wildman–Crippen MR) is 126 cm³/mol. The zero-order chi connectivity index (χ0) is 22.9. The van der Waals surface area contributed by atoms with Gasteiger partial charge in [-0.25, -0.2) is 15.8 Å². The second-order valence-electron chi connectivity index (χ2n) is 8.05. The molecule has 0 radical (unpaired) electrons. The number of pyridine rings is 1. The third-order valence-electron chi connectivity index (χ3n) is 5.16. The molecule has 9 heteroatoms. The van der Waals surface area contributed by atoms with E-state index in [4.69, 9.17) is 21.1 Å². The minimum atomic E-state index is 0.275. The summed E-state index contributed by atoms with van der Waals surface area (Å²) in [6.45, 7) is 5.14. The number of nitrogens with one attached hydrogen (secondary N) is 1. The summed E-state index contributed by atoms with van der Waals surface area (Å²) >= 11 is 0. The van der Waals surface area contributed by atoms with E-state index in [0.717, 1.165) is 30.7 Å². The quantitative estimate of drug-likeness (QED) is 0.244. The van der Waals surface area contributed by atoms with Crippen LogP contribution in [0.1, 0.15) is 56.8 Å². The van der Waals surface area contributed by atoms with Crippen LogP contribution in [-0.2, 0) is 0 Å². The van der Waals surface area contributed by atoms with Crippen LogP contribution in [-0.4, -0.2) is 46.3 Å². The molecule has 32 heavy (non-hydrogen) atoms. The van der Waals surface area contributed by atoms with E-state index in [9.17, 15) is 0 Å². The van der Waals surface area contributed by atoms with Crippen LogP contribution in [0.2, 0.25) is 0 Å². The molecule has 1 aliphatic rings. The Morgan fingerprint density at radius 1 is 1.19 bits per heavy atom.